The molecule has 0 bridgehead atoms. The van der Waals surface area contributed by atoms with Gasteiger partial charge in [0.2, 0.25) is 0 Å². The summed E-state index contributed by atoms with van der Waals surface area (Å²) >= 11 is 0. The van der Waals surface area contributed by atoms with Crippen LogP contribution in [0.4, 0.5) is 0 Å². The fourth-order valence-corrected chi connectivity index (χ4v) is 1.80. The first-order valence-electron chi connectivity index (χ1n) is 12.4. The highest BCUT2D eigenvalue weighted by Crippen LogP contribution is 2.28. The number of hydrogen-bond acceptors (Lipinski definition) is 2. The second-order valence-corrected chi connectivity index (χ2v) is 4.05. The zero-order valence-electron chi connectivity index (χ0n) is 23.6. The van der Waals surface area contributed by atoms with Crippen LogP contribution in [0.2, 0.25) is 0 Å². The molecule has 0 fully saturated rings. The Balaban J connectivity index is 2.67. The van der Waals surface area contributed by atoms with Gasteiger partial charge in [-0.3, -0.25) is 0 Å². The molecule has 0 aliphatic rings. The summed E-state index contributed by atoms with van der Waals surface area (Å²) in [4.78, 5) is -0.537. The Morgan fingerprint density at radius 2 is 1.85 bits per heavy atom. The van der Waals surface area contributed by atoms with Crippen LogP contribution >= 0.6 is 0 Å². The molecule has 0 N–H and O–H groups in total. The van der Waals surface area contributed by atoms with Gasteiger partial charge in [0.25, 0.3) is 0 Å². The van der Waals surface area contributed by atoms with E-state index in [2.05, 4.69) is 0 Å². The standard InChI is InChI=1S/C18H23NO/c1-15-9-7-8-12-17(15)18(20-14-13-19(2)3)16-10-5-4-6-11-16/h4-12,18H,13-14H2,1-3H3/i1D3,2D3,3D3,13D2,14D2. The molecule has 0 amide bonds. The lowest BCUT2D eigenvalue weighted by atomic mass is 9.97. The average molecular weight is 282 g/mol. The molecule has 1 atom stereocenters. The Hall–Kier alpha value is -1.64. The molecule has 20 heavy (non-hydrogen) atoms. The first-order valence-corrected chi connectivity index (χ1v) is 5.93. The van der Waals surface area contributed by atoms with Crippen LogP contribution in [-0.4, -0.2) is 31.9 Å². The van der Waals surface area contributed by atoms with E-state index in [1.54, 1.807) is 18.2 Å². The van der Waals surface area contributed by atoms with Crippen molar-refractivity contribution >= 4 is 0 Å². The molecule has 2 nitrogen and oxygen atoms in total. The van der Waals surface area contributed by atoms with E-state index < -0.39 is 44.9 Å². The van der Waals surface area contributed by atoms with Gasteiger partial charge in [-0.05, 0) is 37.5 Å². The number of rotatable bonds is 6. The van der Waals surface area contributed by atoms with Crippen LogP contribution in [0.15, 0.2) is 54.6 Å². The minimum Gasteiger partial charge on any atom is -0.367 e. The molecule has 0 spiro atoms. The van der Waals surface area contributed by atoms with Gasteiger partial charge in [-0.15, -0.1) is 0 Å². The van der Waals surface area contributed by atoms with Gasteiger partial charge in [-0.1, -0.05) is 54.6 Å². The third kappa shape index (κ3) is 3.92. The Bertz CT molecular complexity index is 921. The molecule has 2 heteroatoms. The summed E-state index contributed by atoms with van der Waals surface area (Å²) in [5.41, 5.74) is 0.0691. The lowest BCUT2D eigenvalue weighted by Gasteiger charge is -2.22. The molecule has 0 aliphatic heterocycles. The summed E-state index contributed by atoms with van der Waals surface area (Å²) in [7, 11) is 0. The molecule has 0 aliphatic carbocycles. The van der Waals surface area contributed by atoms with Gasteiger partial charge in [0.1, 0.15) is 6.10 Å². The third-order valence-electron chi connectivity index (χ3n) is 2.68. The van der Waals surface area contributed by atoms with E-state index in [1.165, 1.54) is 36.4 Å². The topological polar surface area (TPSA) is 12.5 Å². The zero-order chi connectivity index (χ0) is 25.5. The molecule has 0 saturated heterocycles. The molecular weight excluding hydrogens is 246 g/mol. The minimum atomic E-state index is -3.68. The summed E-state index contributed by atoms with van der Waals surface area (Å²) in [6.45, 7) is -16.9. The van der Waals surface area contributed by atoms with Crippen molar-refractivity contribution in [3.05, 3.63) is 71.3 Å². The maximum absolute atomic E-state index is 8.26. The molecule has 0 saturated carbocycles. The quantitative estimate of drug-likeness (QED) is 0.801. The molecule has 2 rings (SSSR count). The SMILES string of the molecule is [2H]C([2H])([2H])c1ccccc1C(OC([2H])([2H])C([2H])([2H])N(C([2H])([2H])[2H])C([2H])([2H])[2H])c1ccccc1. The maximum atomic E-state index is 8.26. The van der Waals surface area contributed by atoms with Gasteiger partial charge >= 0.3 is 0 Å². The van der Waals surface area contributed by atoms with Crippen LogP contribution < -0.4 is 0 Å². The maximum Gasteiger partial charge on any atom is 0.108 e. The third-order valence-corrected chi connectivity index (χ3v) is 2.68. The van der Waals surface area contributed by atoms with Gasteiger partial charge < -0.3 is 9.64 Å². The van der Waals surface area contributed by atoms with Crippen molar-refractivity contribution in [3.63, 3.8) is 0 Å². The Morgan fingerprint density at radius 3 is 2.60 bits per heavy atom. The monoisotopic (exact) mass is 282 g/mol. The highest BCUT2D eigenvalue weighted by atomic mass is 16.5. The normalized spacial score (nSPS) is 25.6. The lowest BCUT2D eigenvalue weighted by Crippen LogP contribution is -2.20. The van der Waals surface area contributed by atoms with Crippen molar-refractivity contribution in [3.8, 4) is 0 Å². The van der Waals surface area contributed by atoms with Gasteiger partial charge in [-0.25, -0.2) is 0 Å². The smallest absolute Gasteiger partial charge is 0.108 e. The average Bonchev–Trinajstić information content (AvgIpc) is 2.63. The Morgan fingerprint density at radius 1 is 1.10 bits per heavy atom. The first-order chi connectivity index (χ1) is 14.8. The van der Waals surface area contributed by atoms with Crippen LogP contribution in [0.1, 0.15) is 40.6 Å². The molecular formula is C18H23NO. The second kappa shape index (κ2) is 7.22. The number of likely N-dealkylation sites (N-methyl/N-ethyl adjacent to an activating group) is 1. The fourth-order valence-electron chi connectivity index (χ4n) is 1.80. The van der Waals surface area contributed by atoms with E-state index in [-0.39, 0.29) is 16.7 Å². The second-order valence-electron chi connectivity index (χ2n) is 4.05. The zero-order valence-corrected chi connectivity index (χ0v) is 10.6. The Kier molecular flexibility index (Phi) is 1.91. The van der Waals surface area contributed by atoms with Crippen LogP contribution in [0.5, 0.6) is 0 Å². The van der Waals surface area contributed by atoms with Crippen molar-refractivity contribution in [1.82, 2.24) is 4.90 Å². The molecule has 0 radical (unpaired) electrons. The molecule has 106 valence electrons. The lowest BCUT2D eigenvalue weighted by molar-refractivity contribution is 0.0683. The van der Waals surface area contributed by atoms with Crippen molar-refractivity contribution in [2.45, 2.75) is 13.0 Å². The number of nitrogens with zero attached hydrogens (tertiary/aromatic N) is 1. The minimum absolute atomic E-state index is 0.00214. The van der Waals surface area contributed by atoms with Crippen molar-refractivity contribution < 1.29 is 22.6 Å². The van der Waals surface area contributed by atoms with Gasteiger partial charge in [-0.2, -0.15) is 0 Å². The molecule has 0 aromatic heterocycles. The molecule has 1 unspecified atom stereocenters. The Labute approximate surface area is 140 Å². The molecule has 2 aromatic rings. The van der Waals surface area contributed by atoms with E-state index >= 15 is 0 Å². The number of hydrogen-bond donors (Lipinski definition) is 0. The highest BCUT2D eigenvalue weighted by molar-refractivity contribution is 5.35. The van der Waals surface area contributed by atoms with Gasteiger partial charge in [0.15, 0.2) is 0 Å². The van der Waals surface area contributed by atoms with E-state index in [4.69, 9.17) is 22.6 Å². The largest absolute Gasteiger partial charge is 0.367 e. The van der Waals surface area contributed by atoms with E-state index in [0.29, 0.717) is 0 Å². The van der Waals surface area contributed by atoms with Gasteiger partial charge in [0.05, 0.1) is 9.30 Å². The summed E-state index contributed by atoms with van der Waals surface area (Å²) < 4.78 is 107. The number of benzene rings is 2. The van der Waals surface area contributed by atoms with Crippen LogP contribution in [0, 0.1) is 6.85 Å². The summed E-state index contributed by atoms with van der Waals surface area (Å²) in [6, 6.07) is 13.4. The molecule has 0 heterocycles. The van der Waals surface area contributed by atoms with Crippen molar-refractivity contribution in [2.75, 3.05) is 27.0 Å². The predicted octanol–water partition coefficient (Wildman–Crippen LogP) is 3.66. The van der Waals surface area contributed by atoms with E-state index in [1.807, 2.05) is 0 Å². The van der Waals surface area contributed by atoms with Crippen LogP contribution in [-0.2, 0) is 4.74 Å². The highest BCUT2D eigenvalue weighted by Gasteiger charge is 2.16. The van der Waals surface area contributed by atoms with Gasteiger partial charge in [0, 0.05) is 21.6 Å². The van der Waals surface area contributed by atoms with E-state index in [0.717, 1.165) is 0 Å². The predicted molar refractivity (Wildman–Crippen MR) is 84.0 cm³/mol. The number of ether oxygens (including phenoxy) is 1. The van der Waals surface area contributed by atoms with Crippen LogP contribution in [0.25, 0.3) is 0 Å². The number of aryl methyl sites for hydroxylation is 1. The first kappa shape index (κ1) is 5.28. The fraction of sp³-hybridized carbons (Fsp3) is 0.333. The summed E-state index contributed by atoms with van der Waals surface area (Å²) in [5, 5.41) is 0. The van der Waals surface area contributed by atoms with E-state index in [9.17, 15) is 0 Å². The van der Waals surface area contributed by atoms with Crippen molar-refractivity contribution in [2.24, 2.45) is 0 Å². The summed E-state index contributed by atoms with van der Waals surface area (Å²) in [6.07, 6.45) is -1.50. The molecule has 2 aromatic carbocycles. The van der Waals surface area contributed by atoms with Crippen LogP contribution in [0.3, 0.4) is 0 Å². The summed E-state index contributed by atoms with van der Waals surface area (Å²) in [5.74, 6) is 0. The van der Waals surface area contributed by atoms with Crippen molar-refractivity contribution in [1.29, 1.82) is 0 Å².